The number of nitrogens with zero attached hydrogens (tertiary/aromatic N) is 1. The van der Waals surface area contributed by atoms with Crippen LogP contribution >= 0.6 is 0 Å². The molecule has 1 amide bonds. The molecule has 1 heterocycles. The van der Waals surface area contributed by atoms with Crippen molar-refractivity contribution >= 4 is 17.6 Å². The van der Waals surface area contributed by atoms with Crippen molar-refractivity contribution in [1.82, 2.24) is 10.5 Å². The van der Waals surface area contributed by atoms with Crippen LogP contribution in [-0.2, 0) is 4.74 Å². The van der Waals surface area contributed by atoms with Crippen LogP contribution in [0.25, 0.3) is 11.3 Å². The minimum absolute atomic E-state index is 0.0923. The summed E-state index contributed by atoms with van der Waals surface area (Å²) in [5.74, 6) is -0.372. The second kappa shape index (κ2) is 10.1. The first-order chi connectivity index (χ1) is 15.0. The molecular weight excluding hydrogens is 402 g/mol. The highest BCUT2D eigenvalue weighted by molar-refractivity contribution is 5.99. The van der Waals surface area contributed by atoms with E-state index >= 15 is 0 Å². The fourth-order valence-corrected chi connectivity index (χ4v) is 2.84. The van der Waals surface area contributed by atoms with E-state index in [9.17, 15) is 14.7 Å². The van der Waals surface area contributed by atoms with E-state index in [0.29, 0.717) is 18.1 Å². The summed E-state index contributed by atoms with van der Waals surface area (Å²) in [6, 6.07) is 13.6. The average Bonchev–Trinajstić information content (AvgIpc) is 3.27. The van der Waals surface area contributed by atoms with Gasteiger partial charge in [0.05, 0.1) is 6.61 Å². The molecule has 0 aliphatic rings. The highest BCUT2D eigenvalue weighted by atomic mass is 16.5. The van der Waals surface area contributed by atoms with E-state index < -0.39 is 11.9 Å². The Morgan fingerprint density at radius 2 is 1.97 bits per heavy atom. The molecule has 1 aromatic heterocycles. The molecule has 2 aromatic carbocycles. The smallest absolute Gasteiger partial charge is 0.360 e. The van der Waals surface area contributed by atoms with Crippen molar-refractivity contribution in [3.63, 3.8) is 0 Å². The monoisotopic (exact) mass is 425 g/mol. The highest BCUT2D eigenvalue weighted by Gasteiger charge is 2.16. The van der Waals surface area contributed by atoms with E-state index in [-0.39, 0.29) is 30.2 Å². The maximum Gasteiger partial charge on any atom is 0.360 e. The fourth-order valence-electron chi connectivity index (χ4n) is 2.84. The fraction of sp³-hybridized carbons (Fsp3) is 0.227. The van der Waals surface area contributed by atoms with Crippen LogP contribution in [0.15, 0.2) is 53.1 Å². The number of amides is 1. The Hall–Kier alpha value is -4.01. The summed E-state index contributed by atoms with van der Waals surface area (Å²) in [4.78, 5) is 23.7. The average molecular weight is 425 g/mol. The normalized spacial score (nSPS) is 10.4. The summed E-state index contributed by atoms with van der Waals surface area (Å²) < 4.78 is 15.8. The summed E-state index contributed by atoms with van der Waals surface area (Å²) in [6.07, 6.45) is 0. The molecule has 0 atom stereocenters. The zero-order valence-electron chi connectivity index (χ0n) is 17.2. The minimum Gasteiger partial charge on any atom is -0.507 e. The third-order valence-electron chi connectivity index (χ3n) is 4.29. The molecule has 3 N–H and O–H groups in total. The van der Waals surface area contributed by atoms with Crippen LogP contribution in [0.5, 0.6) is 11.5 Å². The van der Waals surface area contributed by atoms with Gasteiger partial charge in [-0.3, -0.25) is 4.79 Å². The molecule has 162 valence electrons. The molecule has 9 nitrogen and oxygen atoms in total. The van der Waals surface area contributed by atoms with Crippen molar-refractivity contribution in [2.75, 3.05) is 32.1 Å². The van der Waals surface area contributed by atoms with Crippen molar-refractivity contribution < 1.29 is 28.7 Å². The van der Waals surface area contributed by atoms with Gasteiger partial charge in [0.1, 0.15) is 23.7 Å². The Morgan fingerprint density at radius 3 is 2.74 bits per heavy atom. The van der Waals surface area contributed by atoms with Gasteiger partial charge in [-0.05, 0) is 31.2 Å². The van der Waals surface area contributed by atoms with Gasteiger partial charge in [-0.15, -0.1) is 0 Å². The van der Waals surface area contributed by atoms with Gasteiger partial charge < -0.3 is 29.7 Å². The predicted molar refractivity (Wildman–Crippen MR) is 113 cm³/mol. The Labute approximate surface area is 179 Å². The van der Waals surface area contributed by atoms with Crippen LogP contribution in [0.1, 0.15) is 27.8 Å². The van der Waals surface area contributed by atoms with Crippen molar-refractivity contribution in [2.24, 2.45) is 0 Å². The van der Waals surface area contributed by atoms with Crippen molar-refractivity contribution in [1.29, 1.82) is 0 Å². The Morgan fingerprint density at radius 1 is 1.16 bits per heavy atom. The second-order valence-electron chi connectivity index (χ2n) is 6.38. The number of hydrogen-bond acceptors (Lipinski definition) is 8. The molecule has 0 spiro atoms. The number of aromatic nitrogens is 1. The SMILES string of the molecule is CCOC(=O)c1cc(-c2cccc(NCCOc3cccc(O)c3C(=O)NC)c2)on1. The lowest BCUT2D eigenvalue weighted by atomic mass is 10.1. The van der Waals surface area contributed by atoms with Gasteiger partial charge in [-0.25, -0.2) is 4.79 Å². The summed E-state index contributed by atoms with van der Waals surface area (Å²) in [6.45, 7) is 2.68. The molecule has 9 heteroatoms. The van der Waals surface area contributed by atoms with E-state index in [4.69, 9.17) is 14.0 Å². The topological polar surface area (TPSA) is 123 Å². The van der Waals surface area contributed by atoms with Gasteiger partial charge in [0.2, 0.25) is 0 Å². The Kier molecular flexibility index (Phi) is 7.10. The van der Waals surface area contributed by atoms with Crippen LogP contribution in [0.4, 0.5) is 5.69 Å². The number of phenolic OH excluding ortho intramolecular Hbond substituents is 1. The number of rotatable bonds is 9. The van der Waals surface area contributed by atoms with Crippen LogP contribution in [0, 0.1) is 0 Å². The Balaban J connectivity index is 1.60. The highest BCUT2D eigenvalue weighted by Crippen LogP contribution is 2.27. The van der Waals surface area contributed by atoms with Crippen LogP contribution in [-0.4, -0.2) is 48.9 Å². The molecular formula is C22H23N3O6. The molecule has 3 aromatic rings. The van der Waals surface area contributed by atoms with Crippen molar-refractivity contribution in [3.05, 3.63) is 59.8 Å². The van der Waals surface area contributed by atoms with E-state index in [1.807, 2.05) is 24.3 Å². The maximum absolute atomic E-state index is 12.0. The first-order valence-electron chi connectivity index (χ1n) is 9.68. The number of phenols is 1. The number of esters is 1. The maximum atomic E-state index is 12.0. The molecule has 0 aliphatic heterocycles. The van der Waals surface area contributed by atoms with Gasteiger partial charge in [0.15, 0.2) is 11.5 Å². The molecule has 0 fully saturated rings. The quantitative estimate of drug-likeness (QED) is 0.353. The van der Waals surface area contributed by atoms with Gasteiger partial charge >= 0.3 is 5.97 Å². The standard InChI is InChI=1S/C22H23N3O6/c1-3-29-22(28)16-13-19(31-25-16)14-6-4-7-15(12-14)24-10-11-30-18-9-5-8-17(26)20(18)21(27)23-2/h4-9,12-13,24,26H,3,10-11H2,1-2H3,(H,23,27). The molecule has 0 unspecified atom stereocenters. The number of aromatic hydroxyl groups is 1. The predicted octanol–water partition coefficient (Wildman–Crippen LogP) is 3.07. The molecule has 0 radical (unpaired) electrons. The zero-order chi connectivity index (χ0) is 22.2. The number of carbonyl (C=O) groups excluding carboxylic acids is 2. The summed E-state index contributed by atoms with van der Waals surface area (Å²) in [5, 5.41) is 19.4. The summed E-state index contributed by atoms with van der Waals surface area (Å²) in [5.41, 5.74) is 1.75. The van der Waals surface area contributed by atoms with Gasteiger partial charge in [-0.2, -0.15) is 0 Å². The molecule has 0 aliphatic carbocycles. The van der Waals surface area contributed by atoms with Gasteiger partial charge in [0.25, 0.3) is 5.91 Å². The summed E-state index contributed by atoms with van der Waals surface area (Å²) >= 11 is 0. The largest absolute Gasteiger partial charge is 0.507 e. The third kappa shape index (κ3) is 5.33. The lowest BCUT2D eigenvalue weighted by molar-refractivity contribution is 0.0514. The molecule has 0 saturated carbocycles. The minimum atomic E-state index is -0.535. The van der Waals surface area contributed by atoms with E-state index in [0.717, 1.165) is 11.3 Å². The van der Waals surface area contributed by atoms with Gasteiger partial charge in [-0.1, -0.05) is 23.4 Å². The van der Waals surface area contributed by atoms with E-state index in [1.54, 1.807) is 19.1 Å². The van der Waals surface area contributed by atoms with E-state index in [2.05, 4.69) is 15.8 Å². The van der Waals surface area contributed by atoms with E-state index in [1.165, 1.54) is 19.2 Å². The number of anilines is 1. The number of nitrogens with one attached hydrogen (secondary N) is 2. The van der Waals surface area contributed by atoms with Crippen molar-refractivity contribution in [2.45, 2.75) is 6.92 Å². The van der Waals surface area contributed by atoms with Crippen LogP contribution < -0.4 is 15.4 Å². The Bertz CT molecular complexity index is 1060. The third-order valence-corrected chi connectivity index (χ3v) is 4.29. The van der Waals surface area contributed by atoms with Crippen molar-refractivity contribution in [3.8, 4) is 22.8 Å². The molecule has 31 heavy (non-hydrogen) atoms. The van der Waals surface area contributed by atoms with Gasteiger partial charge in [0, 0.05) is 30.9 Å². The molecule has 0 saturated heterocycles. The first kappa shape index (κ1) is 21.7. The van der Waals surface area contributed by atoms with Crippen LogP contribution in [0.3, 0.4) is 0 Å². The first-order valence-corrected chi connectivity index (χ1v) is 9.68. The van der Waals surface area contributed by atoms with Crippen LogP contribution in [0.2, 0.25) is 0 Å². The lowest BCUT2D eigenvalue weighted by Crippen LogP contribution is -2.20. The second-order valence-corrected chi connectivity index (χ2v) is 6.38. The summed E-state index contributed by atoms with van der Waals surface area (Å²) in [7, 11) is 1.48. The number of hydrogen-bond donors (Lipinski definition) is 3. The number of benzene rings is 2. The molecule has 3 rings (SSSR count). The molecule has 0 bridgehead atoms. The number of ether oxygens (including phenoxy) is 2. The lowest BCUT2D eigenvalue weighted by Gasteiger charge is -2.13. The zero-order valence-corrected chi connectivity index (χ0v) is 17.2. The number of carbonyl (C=O) groups is 2.